The van der Waals surface area contributed by atoms with Crippen molar-refractivity contribution in [2.24, 2.45) is 0 Å². The number of pyridine rings is 1. The molecule has 0 atom stereocenters. The van der Waals surface area contributed by atoms with Gasteiger partial charge >= 0.3 is 7.12 Å². The predicted molar refractivity (Wildman–Crippen MR) is 94.2 cm³/mol. The number of nitrogens with zero attached hydrogens (tertiary/aromatic N) is 2. The van der Waals surface area contributed by atoms with Crippen LogP contribution in [0.5, 0.6) is 0 Å². The summed E-state index contributed by atoms with van der Waals surface area (Å²) in [6, 6.07) is 4.80. The second-order valence-electron chi connectivity index (χ2n) is 7.58. The third kappa shape index (κ3) is 3.25. The highest BCUT2D eigenvalue weighted by atomic mass is 16.7. The lowest BCUT2D eigenvalue weighted by Gasteiger charge is -2.33. The van der Waals surface area contributed by atoms with E-state index in [2.05, 4.69) is 49.0 Å². The molecule has 0 saturated carbocycles. The molecule has 0 bridgehead atoms. The van der Waals surface area contributed by atoms with Crippen molar-refractivity contribution in [2.75, 3.05) is 25.0 Å². The van der Waals surface area contributed by atoms with Crippen LogP contribution in [0.15, 0.2) is 18.3 Å². The summed E-state index contributed by atoms with van der Waals surface area (Å²) in [6.07, 6.45) is 4.30. The molecule has 0 amide bonds. The number of anilines is 1. The van der Waals surface area contributed by atoms with Gasteiger partial charge in [0.1, 0.15) is 0 Å². The van der Waals surface area contributed by atoms with E-state index in [1.807, 2.05) is 19.3 Å². The van der Waals surface area contributed by atoms with E-state index >= 15 is 0 Å². The van der Waals surface area contributed by atoms with E-state index in [1.54, 1.807) is 0 Å². The number of nitrogens with one attached hydrogen (secondary N) is 1. The summed E-state index contributed by atoms with van der Waals surface area (Å²) >= 11 is 0. The minimum absolute atomic E-state index is 0.326. The molecule has 0 unspecified atom stereocenters. The molecule has 2 aliphatic rings. The highest BCUT2D eigenvalue weighted by molar-refractivity contribution is 6.61. The second-order valence-corrected chi connectivity index (χ2v) is 7.58. The van der Waals surface area contributed by atoms with Gasteiger partial charge in [-0.25, -0.2) is 0 Å². The van der Waals surface area contributed by atoms with Crippen molar-refractivity contribution in [2.45, 2.75) is 57.8 Å². The number of hydrogen-bond donors (Lipinski definition) is 1. The molecule has 3 heterocycles. The van der Waals surface area contributed by atoms with Gasteiger partial charge in [-0.15, -0.1) is 0 Å². The van der Waals surface area contributed by atoms with E-state index < -0.39 is 0 Å². The van der Waals surface area contributed by atoms with Gasteiger partial charge in [0.2, 0.25) is 0 Å². The zero-order valence-corrected chi connectivity index (χ0v) is 14.9. The van der Waals surface area contributed by atoms with Crippen molar-refractivity contribution in [1.82, 2.24) is 10.3 Å². The van der Waals surface area contributed by atoms with Gasteiger partial charge in [0.05, 0.1) is 22.5 Å². The summed E-state index contributed by atoms with van der Waals surface area (Å²) in [5, 5.41) is 3.36. The van der Waals surface area contributed by atoms with Gasteiger partial charge in [0, 0.05) is 25.3 Å². The Kier molecular flexibility index (Phi) is 4.42. The normalized spacial score (nSPS) is 24.2. The second kappa shape index (κ2) is 6.08. The third-order valence-corrected chi connectivity index (χ3v) is 5.53. The first-order valence-electron chi connectivity index (χ1n) is 8.56. The minimum Gasteiger partial charge on any atom is -0.398 e. The van der Waals surface area contributed by atoms with Crippen molar-refractivity contribution in [1.29, 1.82) is 0 Å². The van der Waals surface area contributed by atoms with E-state index in [-0.39, 0.29) is 18.3 Å². The van der Waals surface area contributed by atoms with Crippen LogP contribution in [0.25, 0.3) is 0 Å². The van der Waals surface area contributed by atoms with Gasteiger partial charge in [-0.05, 0) is 59.7 Å². The van der Waals surface area contributed by atoms with E-state index in [9.17, 15) is 0 Å². The van der Waals surface area contributed by atoms with Crippen LogP contribution in [0.3, 0.4) is 0 Å². The molecule has 0 aliphatic carbocycles. The van der Waals surface area contributed by atoms with Crippen LogP contribution >= 0.6 is 0 Å². The first-order chi connectivity index (χ1) is 10.8. The van der Waals surface area contributed by atoms with Crippen molar-refractivity contribution in [3.05, 3.63) is 18.3 Å². The molecule has 1 N–H and O–H groups in total. The average Bonchev–Trinajstić information content (AvgIpc) is 2.76. The first-order valence-corrected chi connectivity index (χ1v) is 8.56. The molecule has 2 saturated heterocycles. The Morgan fingerprint density at radius 1 is 1.13 bits per heavy atom. The molecule has 2 fully saturated rings. The Labute approximate surface area is 139 Å². The Bertz CT molecular complexity index is 523. The zero-order chi connectivity index (χ0) is 16.7. The van der Waals surface area contributed by atoms with Crippen LogP contribution < -0.4 is 15.8 Å². The maximum Gasteiger partial charge on any atom is 0.514 e. The van der Waals surface area contributed by atoms with Gasteiger partial charge in [-0.2, -0.15) is 0 Å². The quantitative estimate of drug-likeness (QED) is 0.858. The molecule has 126 valence electrons. The summed E-state index contributed by atoms with van der Waals surface area (Å²) < 4.78 is 12.1. The fourth-order valence-electron chi connectivity index (χ4n) is 3.11. The molecule has 0 radical (unpaired) electrons. The van der Waals surface area contributed by atoms with Crippen LogP contribution in [-0.2, 0) is 9.31 Å². The Morgan fingerprint density at radius 3 is 2.22 bits per heavy atom. The fourth-order valence-corrected chi connectivity index (χ4v) is 3.11. The molecular formula is C17H28BN3O2. The fraction of sp³-hybridized carbons (Fsp3) is 0.706. The molecule has 6 heteroatoms. The number of piperidine rings is 1. The SMILES string of the molecule is CNC1CCN(c2ccc(B3OC(C)(C)C(C)(C)O3)nc2)CC1. The van der Waals surface area contributed by atoms with Crippen molar-refractivity contribution >= 4 is 18.4 Å². The van der Waals surface area contributed by atoms with E-state index in [4.69, 9.17) is 9.31 Å². The van der Waals surface area contributed by atoms with Crippen LogP contribution in [0.4, 0.5) is 5.69 Å². The molecule has 1 aromatic heterocycles. The molecule has 5 nitrogen and oxygen atoms in total. The lowest BCUT2D eigenvalue weighted by Crippen LogP contribution is -2.41. The molecule has 2 aliphatic heterocycles. The van der Waals surface area contributed by atoms with Gasteiger partial charge in [-0.3, -0.25) is 4.98 Å². The zero-order valence-electron chi connectivity index (χ0n) is 14.9. The summed E-state index contributed by atoms with van der Waals surface area (Å²) in [5.41, 5.74) is 1.37. The molecule has 3 rings (SSSR count). The van der Waals surface area contributed by atoms with E-state index in [0.717, 1.165) is 18.7 Å². The van der Waals surface area contributed by atoms with Crippen molar-refractivity contribution < 1.29 is 9.31 Å². The van der Waals surface area contributed by atoms with Crippen LogP contribution in [0, 0.1) is 0 Å². The maximum absolute atomic E-state index is 6.06. The molecular weight excluding hydrogens is 289 g/mol. The van der Waals surface area contributed by atoms with Gasteiger partial charge in [-0.1, -0.05) is 0 Å². The van der Waals surface area contributed by atoms with Gasteiger partial charge in [0.25, 0.3) is 0 Å². The molecule has 23 heavy (non-hydrogen) atoms. The van der Waals surface area contributed by atoms with Crippen LogP contribution in [-0.4, -0.2) is 49.5 Å². The summed E-state index contributed by atoms with van der Waals surface area (Å²) in [5.74, 6) is 0. The molecule has 0 aromatic carbocycles. The largest absolute Gasteiger partial charge is 0.514 e. The summed E-state index contributed by atoms with van der Waals surface area (Å²) in [6.45, 7) is 10.4. The van der Waals surface area contributed by atoms with Crippen LogP contribution in [0.2, 0.25) is 0 Å². The predicted octanol–water partition coefficient (Wildman–Crippen LogP) is 1.57. The van der Waals surface area contributed by atoms with Crippen molar-refractivity contribution in [3.63, 3.8) is 0 Å². The highest BCUT2D eigenvalue weighted by Gasteiger charge is 2.52. The third-order valence-electron chi connectivity index (χ3n) is 5.53. The summed E-state index contributed by atoms with van der Waals surface area (Å²) in [4.78, 5) is 7.00. The number of aromatic nitrogens is 1. The smallest absolute Gasteiger partial charge is 0.398 e. The number of rotatable bonds is 3. The maximum atomic E-state index is 6.06. The Balaban J connectivity index is 1.67. The highest BCUT2D eigenvalue weighted by Crippen LogP contribution is 2.36. The van der Waals surface area contributed by atoms with Crippen molar-refractivity contribution in [3.8, 4) is 0 Å². The van der Waals surface area contributed by atoms with E-state index in [0.29, 0.717) is 6.04 Å². The van der Waals surface area contributed by atoms with Crippen LogP contribution in [0.1, 0.15) is 40.5 Å². The standard InChI is InChI=1S/C17H28BN3O2/c1-16(2)17(3,4)23-18(22-16)15-7-6-14(12-20-15)21-10-8-13(19-5)9-11-21/h6-7,12-13,19H,8-11H2,1-5H3. The van der Waals surface area contributed by atoms with E-state index in [1.165, 1.54) is 18.5 Å². The first kappa shape index (κ1) is 16.7. The van der Waals surface area contributed by atoms with Gasteiger partial charge in [0.15, 0.2) is 0 Å². The number of hydrogen-bond acceptors (Lipinski definition) is 5. The minimum atomic E-state index is -0.385. The van der Waals surface area contributed by atoms with Gasteiger partial charge < -0.3 is 19.5 Å². The average molecular weight is 317 g/mol. The Hall–Kier alpha value is -1.11. The molecule has 0 spiro atoms. The lowest BCUT2D eigenvalue weighted by molar-refractivity contribution is 0.00578. The topological polar surface area (TPSA) is 46.6 Å². The Morgan fingerprint density at radius 2 is 1.74 bits per heavy atom. The molecule has 1 aromatic rings. The lowest BCUT2D eigenvalue weighted by atomic mass is 9.84. The summed E-state index contributed by atoms with van der Waals surface area (Å²) in [7, 11) is 1.66. The monoisotopic (exact) mass is 317 g/mol.